The number of amides is 1. The molecule has 2 aliphatic heterocycles. The van der Waals surface area contributed by atoms with Gasteiger partial charge >= 0.3 is 0 Å². The molecule has 5 heterocycles. The molecule has 0 spiro atoms. The van der Waals surface area contributed by atoms with E-state index in [1.54, 1.807) is 24.5 Å². The van der Waals surface area contributed by atoms with Crippen LogP contribution in [0.4, 0.5) is 10.2 Å². The fourth-order valence-corrected chi connectivity index (χ4v) is 4.73. The molecule has 37 heavy (non-hydrogen) atoms. The van der Waals surface area contributed by atoms with Crippen LogP contribution in [-0.2, 0) is 19.6 Å². The van der Waals surface area contributed by atoms with E-state index in [-0.39, 0.29) is 17.9 Å². The summed E-state index contributed by atoms with van der Waals surface area (Å²) < 4.78 is 25.2. The molecule has 1 N–H and O–H groups in total. The van der Waals surface area contributed by atoms with Crippen LogP contribution in [0.3, 0.4) is 0 Å². The summed E-state index contributed by atoms with van der Waals surface area (Å²) in [5.41, 5.74) is 2.76. The maximum Gasteiger partial charge on any atom is 0.260 e. The Labute approximate surface area is 213 Å². The summed E-state index contributed by atoms with van der Waals surface area (Å²) in [6.07, 6.45) is 9.92. The average molecular weight is 500 g/mol. The Morgan fingerprint density at radius 2 is 2.00 bits per heavy atom. The number of pyridine rings is 1. The second-order valence-electron chi connectivity index (χ2n) is 9.17. The Morgan fingerprint density at radius 3 is 2.92 bits per heavy atom. The molecule has 0 saturated heterocycles. The van der Waals surface area contributed by atoms with Crippen LogP contribution in [0.1, 0.15) is 22.5 Å². The summed E-state index contributed by atoms with van der Waals surface area (Å²) in [4.78, 5) is 24.7. The summed E-state index contributed by atoms with van der Waals surface area (Å²) >= 11 is 0. The second-order valence-corrected chi connectivity index (χ2v) is 9.17. The third-order valence-electron chi connectivity index (χ3n) is 6.64. The van der Waals surface area contributed by atoms with Gasteiger partial charge in [0.05, 0.1) is 24.0 Å². The van der Waals surface area contributed by atoms with E-state index in [0.29, 0.717) is 35.7 Å². The molecule has 1 amide bonds. The van der Waals surface area contributed by atoms with Crippen molar-refractivity contribution < 1.29 is 13.9 Å². The summed E-state index contributed by atoms with van der Waals surface area (Å²) in [5.74, 6) is 0.340. The zero-order valence-corrected chi connectivity index (χ0v) is 20.4. The van der Waals surface area contributed by atoms with Crippen molar-refractivity contribution in [3.05, 3.63) is 78.1 Å². The molecule has 0 unspecified atom stereocenters. The first-order chi connectivity index (χ1) is 18.1. The van der Waals surface area contributed by atoms with Crippen molar-refractivity contribution in [2.75, 3.05) is 25.5 Å². The van der Waals surface area contributed by atoms with Crippen LogP contribution in [0, 0.1) is 5.82 Å². The fraction of sp³-hybridized carbons (Fsp3) is 0.259. The first kappa shape index (κ1) is 23.1. The Balaban J connectivity index is 1.42. The van der Waals surface area contributed by atoms with Crippen molar-refractivity contribution in [1.29, 1.82) is 0 Å². The highest BCUT2D eigenvalue weighted by Gasteiger charge is 2.24. The number of benzene rings is 1. The number of aryl methyl sites for hydroxylation is 1. The SMILES string of the molecule is CN1CCn2ncc(-c3cc4c(cc3F)OC/C=C\CCn3ccnc3-c3cccc(n3)NC4=O)c2C1. The molecule has 1 aromatic carbocycles. The molecule has 0 radical (unpaired) electrons. The third-order valence-corrected chi connectivity index (χ3v) is 6.64. The first-order valence-electron chi connectivity index (χ1n) is 12.2. The minimum absolute atomic E-state index is 0.167. The predicted molar refractivity (Wildman–Crippen MR) is 137 cm³/mol. The quantitative estimate of drug-likeness (QED) is 0.399. The largest absolute Gasteiger partial charge is 0.489 e. The smallest absolute Gasteiger partial charge is 0.260 e. The summed E-state index contributed by atoms with van der Waals surface area (Å²) in [6.45, 7) is 3.16. The highest BCUT2D eigenvalue weighted by Crippen LogP contribution is 2.34. The summed E-state index contributed by atoms with van der Waals surface area (Å²) in [5, 5.41) is 7.30. The maximum atomic E-state index is 15.5. The lowest BCUT2D eigenvalue weighted by molar-refractivity contribution is 0.102. The van der Waals surface area contributed by atoms with Crippen LogP contribution in [0.15, 0.2) is 61.1 Å². The number of nitrogens with one attached hydrogen (secondary N) is 1. The molecular weight excluding hydrogens is 473 g/mol. The minimum atomic E-state index is -0.469. The van der Waals surface area contributed by atoms with E-state index in [1.165, 1.54) is 6.07 Å². The van der Waals surface area contributed by atoms with E-state index in [1.807, 2.05) is 46.8 Å². The van der Waals surface area contributed by atoms with Crippen molar-refractivity contribution in [1.82, 2.24) is 29.2 Å². The monoisotopic (exact) mass is 499 g/mol. The lowest BCUT2D eigenvalue weighted by Crippen LogP contribution is -2.30. The Bertz CT molecular complexity index is 1510. The molecule has 0 saturated carbocycles. The molecule has 3 aromatic heterocycles. The summed E-state index contributed by atoms with van der Waals surface area (Å²) in [6, 6.07) is 8.21. The molecule has 10 heteroatoms. The normalized spacial score (nSPS) is 16.9. The van der Waals surface area contributed by atoms with Gasteiger partial charge in [-0.2, -0.15) is 5.10 Å². The van der Waals surface area contributed by atoms with Gasteiger partial charge in [-0.3, -0.25) is 14.4 Å². The molecule has 2 bridgehead atoms. The molecule has 2 aliphatic rings. The van der Waals surface area contributed by atoms with Crippen LogP contribution in [0.5, 0.6) is 5.75 Å². The van der Waals surface area contributed by atoms with Crippen molar-refractivity contribution in [2.24, 2.45) is 0 Å². The van der Waals surface area contributed by atoms with Crippen LogP contribution in [0.25, 0.3) is 22.6 Å². The van der Waals surface area contributed by atoms with Gasteiger partial charge in [-0.05, 0) is 31.7 Å². The number of carbonyl (C=O) groups is 1. The highest BCUT2D eigenvalue weighted by molar-refractivity contribution is 6.06. The Morgan fingerprint density at radius 1 is 1.08 bits per heavy atom. The number of hydrogen-bond acceptors (Lipinski definition) is 6. The number of nitrogens with zero attached hydrogens (tertiary/aromatic N) is 6. The third kappa shape index (κ3) is 4.51. The van der Waals surface area contributed by atoms with Crippen molar-refractivity contribution in [3.63, 3.8) is 0 Å². The van der Waals surface area contributed by atoms with Crippen LogP contribution in [-0.4, -0.2) is 55.3 Å². The van der Waals surface area contributed by atoms with Gasteiger partial charge in [0, 0.05) is 49.2 Å². The van der Waals surface area contributed by atoms with E-state index in [2.05, 4.69) is 25.3 Å². The van der Waals surface area contributed by atoms with E-state index < -0.39 is 11.7 Å². The zero-order valence-electron chi connectivity index (χ0n) is 20.4. The van der Waals surface area contributed by atoms with E-state index in [4.69, 9.17) is 4.74 Å². The van der Waals surface area contributed by atoms with Gasteiger partial charge in [0.15, 0.2) is 5.82 Å². The number of rotatable bonds is 1. The zero-order chi connectivity index (χ0) is 25.4. The highest BCUT2D eigenvalue weighted by atomic mass is 19.1. The number of hydrogen-bond donors (Lipinski definition) is 1. The van der Waals surface area contributed by atoms with Gasteiger partial charge in [-0.1, -0.05) is 18.2 Å². The van der Waals surface area contributed by atoms with Gasteiger partial charge in [-0.15, -0.1) is 0 Å². The molecule has 0 atom stereocenters. The number of ether oxygens (including phenoxy) is 1. The lowest BCUT2D eigenvalue weighted by atomic mass is 10.0. The average Bonchev–Trinajstić information content (AvgIpc) is 3.53. The van der Waals surface area contributed by atoms with Crippen molar-refractivity contribution >= 4 is 11.7 Å². The van der Waals surface area contributed by atoms with Gasteiger partial charge in [0.2, 0.25) is 0 Å². The molecule has 0 fully saturated rings. The van der Waals surface area contributed by atoms with Crippen LogP contribution < -0.4 is 10.1 Å². The molecule has 6 rings (SSSR count). The van der Waals surface area contributed by atoms with Gasteiger partial charge in [-0.25, -0.2) is 14.4 Å². The van der Waals surface area contributed by atoms with E-state index >= 15 is 4.39 Å². The number of likely N-dealkylation sites (N-methyl/N-ethyl adjacent to an activating group) is 1. The van der Waals surface area contributed by atoms with Crippen LogP contribution >= 0.6 is 0 Å². The molecular formula is C27H26FN7O2. The number of aromatic nitrogens is 5. The number of halogens is 1. The van der Waals surface area contributed by atoms with Crippen LogP contribution in [0.2, 0.25) is 0 Å². The number of anilines is 1. The maximum absolute atomic E-state index is 15.5. The summed E-state index contributed by atoms with van der Waals surface area (Å²) in [7, 11) is 2.02. The van der Waals surface area contributed by atoms with Gasteiger partial charge in [0.25, 0.3) is 5.91 Å². The second kappa shape index (κ2) is 9.62. The fourth-order valence-electron chi connectivity index (χ4n) is 4.73. The Hall–Kier alpha value is -4.31. The van der Waals surface area contributed by atoms with Crippen molar-refractivity contribution in [2.45, 2.75) is 26.1 Å². The minimum Gasteiger partial charge on any atom is -0.489 e. The number of fused-ring (bicyclic) bond motifs is 6. The van der Waals surface area contributed by atoms with Gasteiger partial charge < -0.3 is 14.6 Å². The lowest BCUT2D eigenvalue weighted by Gasteiger charge is -2.24. The number of imidazole rings is 1. The topological polar surface area (TPSA) is 90.1 Å². The molecule has 0 aliphatic carbocycles. The molecule has 4 aromatic rings. The van der Waals surface area contributed by atoms with E-state index in [9.17, 15) is 4.79 Å². The standard InChI is InChI=1S/C27H26FN7O2/c1-33-11-12-35-23(17-33)20(16-30-35)18-14-19-24(15-21(18)28)37-13-4-2-3-9-34-10-8-29-26(34)22-6-5-7-25(31-22)32-27(19)36/h2,4-8,10,14-16H,3,9,11-13,17H2,1H3,(H,31,32,36)/b4-2-. The van der Waals surface area contributed by atoms with Crippen molar-refractivity contribution in [3.8, 4) is 28.4 Å². The first-order valence-corrected chi connectivity index (χ1v) is 12.2. The Kier molecular flexibility index (Phi) is 6.01. The molecule has 188 valence electrons. The van der Waals surface area contributed by atoms with E-state index in [0.717, 1.165) is 31.0 Å². The van der Waals surface area contributed by atoms with Gasteiger partial charge in [0.1, 0.15) is 29.7 Å². The predicted octanol–water partition coefficient (Wildman–Crippen LogP) is 3.98. The number of carbonyl (C=O) groups excluding carboxylic acids is 1. The molecule has 9 nitrogen and oxygen atoms in total. The number of allylic oxidation sites excluding steroid dienone is 1.